The summed E-state index contributed by atoms with van der Waals surface area (Å²) in [5.41, 5.74) is -2.31. The molecule has 2 rings (SSSR count). The van der Waals surface area contributed by atoms with E-state index in [0.29, 0.717) is 0 Å². The van der Waals surface area contributed by atoms with Gasteiger partial charge < -0.3 is 44.6 Å². The maximum atomic E-state index is 13.4. The van der Waals surface area contributed by atoms with Crippen molar-refractivity contribution in [2.24, 2.45) is 11.8 Å². The van der Waals surface area contributed by atoms with Gasteiger partial charge in [0.25, 0.3) is 5.91 Å². The SMILES string of the molecule is CCOC(=O)[C@H]1O[C@@H]1C(=O)N[C@@H](CC(C)C)C(=O)N[C@@H](CC(C)C)C(=O)N1CCN(C(P(=O)(O)O)P(=O)(O)O)CC1. The minimum absolute atomic E-state index is 0.0182. The van der Waals surface area contributed by atoms with Crippen molar-refractivity contribution in [3.63, 3.8) is 0 Å². The van der Waals surface area contributed by atoms with Gasteiger partial charge in [-0.1, -0.05) is 27.7 Å². The molecule has 4 atom stereocenters. The van der Waals surface area contributed by atoms with Crippen LogP contribution in [0.4, 0.5) is 0 Å². The smallest absolute Gasteiger partial charge is 0.354 e. The Bertz CT molecular complexity index is 1030. The first-order chi connectivity index (χ1) is 18.9. The molecule has 41 heavy (non-hydrogen) atoms. The molecular formula is C23H42N4O12P2. The first-order valence-electron chi connectivity index (χ1n) is 13.4. The molecule has 2 saturated heterocycles. The van der Waals surface area contributed by atoms with Crippen LogP contribution in [0.1, 0.15) is 47.5 Å². The molecule has 0 bridgehead atoms. The summed E-state index contributed by atoms with van der Waals surface area (Å²) in [6.07, 6.45) is -1.63. The average Bonchev–Trinajstić information content (AvgIpc) is 3.62. The second-order valence-corrected chi connectivity index (χ2v) is 14.7. The molecular weight excluding hydrogens is 586 g/mol. The molecule has 2 aliphatic heterocycles. The highest BCUT2D eigenvalue weighted by Gasteiger charge is 2.52. The molecule has 2 fully saturated rings. The number of nitrogens with zero attached hydrogens (tertiary/aromatic N) is 2. The predicted octanol–water partition coefficient (Wildman–Crippen LogP) is -0.838. The number of esters is 1. The molecule has 0 aromatic carbocycles. The molecule has 0 aromatic rings. The number of carbonyl (C=O) groups excluding carboxylic acids is 4. The Morgan fingerprint density at radius 1 is 0.854 bits per heavy atom. The summed E-state index contributed by atoms with van der Waals surface area (Å²) >= 11 is 0. The second-order valence-electron chi connectivity index (χ2n) is 11.0. The molecule has 16 nitrogen and oxygen atoms in total. The highest BCUT2D eigenvalue weighted by atomic mass is 31.2. The lowest BCUT2D eigenvalue weighted by atomic mass is 9.99. The fourth-order valence-electron chi connectivity index (χ4n) is 4.65. The van der Waals surface area contributed by atoms with Crippen molar-refractivity contribution in [2.75, 3.05) is 32.8 Å². The molecule has 2 aliphatic rings. The van der Waals surface area contributed by atoms with E-state index in [0.717, 1.165) is 4.90 Å². The molecule has 6 N–H and O–H groups in total. The van der Waals surface area contributed by atoms with Gasteiger partial charge in [0.15, 0.2) is 12.2 Å². The summed E-state index contributed by atoms with van der Waals surface area (Å²) in [4.78, 5) is 91.5. The second kappa shape index (κ2) is 14.5. The largest absolute Gasteiger partial charge is 0.464 e. The van der Waals surface area contributed by atoms with E-state index in [-0.39, 0.29) is 57.5 Å². The number of carbonyl (C=O) groups is 4. The van der Waals surface area contributed by atoms with Crippen LogP contribution in [-0.2, 0) is 37.8 Å². The van der Waals surface area contributed by atoms with Gasteiger partial charge in [0.1, 0.15) is 12.1 Å². The number of rotatable bonds is 14. The topological polar surface area (TPSA) is 236 Å². The van der Waals surface area contributed by atoms with Gasteiger partial charge in [-0.15, -0.1) is 0 Å². The van der Waals surface area contributed by atoms with Crippen molar-refractivity contribution in [2.45, 2.75) is 77.3 Å². The van der Waals surface area contributed by atoms with E-state index in [1.54, 1.807) is 6.92 Å². The van der Waals surface area contributed by atoms with Crippen LogP contribution in [0, 0.1) is 11.8 Å². The van der Waals surface area contributed by atoms with Crippen LogP contribution in [0.3, 0.4) is 0 Å². The predicted molar refractivity (Wildman–Crippen MR) is 144 cm³/mol. The van der Waals surface area contributed by atoms with Gasteiger partial charge in [-0.3, -0.25) is 28.4 Å². The van der Waals surface area contributed by atoms with Gasteiger partial charge in [0.05, 0.1) is 6.61 Å². The monoisotopic (exact) mass is 628 g/mol. The van der Waals surface area contributed by atoms with E-state index >= 15 is 0 Å². The van der Waals surface area contributed by atoms with Crippen LogP contribution in [0.25, 0.3) is 0 Å². The summed E-state index contributed by atoms with van der Waals surface area (Å²) in [6, 6.07) is -2.02. The number of nitrogens with one attached hydrogen (secondary N) is 2. The van der Waals surface area contributed by atoms with Gasteiger partial charge in [-0.05, 0) is 31.6 Å². The van der Waals surface area contributed by atoms with Crippen molar-refractivity contribution < 1.29 is 57.4 Å². The summed E-state index contributed by atoms with van der Waals surface area (Å²) in [7, 11) is -10.4. The van der Waals surface area contributed by atoms with Crippen LogP contribution < -0.4 is 10.6 Å². The first kappa shape index (κ1) is 35.3. The summed E-state index contributed by atoms with van der Waals surface area (Å²) in [5, 5.41) is 5.31. The number of piperazine rings is 1. The van der Waals surface area contributed by atoms with E-state index in [1.807, 2.05) is 27.7 Å². The Morgan fingerprint density at radius 3 is 1.83 bits per heavy atom. The lowest BCUT2D eigenvalue weighted by molar-refractivity contribution is -0.144. The maximum absolute atomic E-state index is 13.4. The fourth-order valence-corrected chi connectivity index (χ4v) is 7.53. The summed E-state index contributed by atoms with van der Waals surface area (Å²) < 4.78 is 33.5. The Labute approximate surface area is 238 Å². The number of ether oxygens (including phenoxy) is 2. The van der Waals surface area contributed by atoms with Crippen LogP contribution in [0.2, 0.25) is 0 Å². The molecule has 0 unspecified atom stereocenters. The lowest BCUT2D eigenvalue weighted by Crippen LogP contribution is -2.58. The third-order valence-electron chi connectivity index (χ3n) is 6.48. The zero-order valence-corrected chi connectivity index (χ0v) is 25.6. The number of hydrogen-bond acceptors (Lipinski definition) is 9. The number of epoxide rings is 1. The van der Waals surface area contributed by atoms with Gasteiger partial charge in [-0.25, -0.2) is 4.79 Å². The van der Waals surface area contributed by atoms with Crippen molar-refractivity contribution in [3.05, 3.63) is 0 Å². The Kier molecular flexibility index (Phi) is 12.5. The van der Waals surface area contributed by atoms with E-state index in [4.69, 9.17) is 9.47 Å². The average molecular weight is 629 g/mol. The summed E-state index contributed by atoms with van der Waals surface area (Å²) in [6.45, 7) is 8.56. The number of amides is 3. The Hall–Kier alpha value is -1.90. The lowest BCUT2D eigenvalue weighted by Gasteiger charge is -2.40. The van der Waals surface area contributed by atoms with Crippen molar-refractivity contribution in [3.8, 4) is 0 Å². The molecule has 0 spiro atoms. The summed E-state index contributed by atoms with van der Waals surface area (Å²) in [5.74, 6) is -2.46. The molecule has 18 heteroatoms. The highest BCUT2D eigenvalue weighted by Crippen LogP contribution is 2.61. The van der Waals surface area contributed by atoms with Gasteiger partial charge in [0, 0.05) is 26.2 Å². The van der Waals surface area contributed by atoms with Crippen molar-refractivity contribution in [1.82, 2.24) is 20.4 Å². The quantitative estimate of drug-likeness (QED) is 0.0783. The third kappa shape index (κ3) is 10.4. The van der Waals surface area contributed by atoms with Crippen molar-refractivity contribution >= 4 is 38.9 Å². The highest BCUT2D eigenvalue weighted by molar-refractivity contribution is 7.70. The zero-order valence-electron chi connectivity index (χ0n) is 23.8. The van der Waals surface area contributed by atoms with Gasteiger partial charge in [0.2, 0.25) is 17.3 Å². The molecule has 0 saturated carbocycles. The van der Waals surface area contributed by atoms with Crippen LogP contribution in [-0.4, -0.2) is 116 Å². The van der Waals surface area contributed by atoms with Crippen LogP contribution in [0.15, 0.2) is 0 Å². The van der Waals surface area contributed by atoms with E-state index in [9.17, 15) is 47.9 Å². The molecule has 0 aliphatic carbocycles. The standard InChI is InChI=1S/C23H42N4O12P2/c1-6-38-22(31)18-17(39-18)20(29)24-15(11-13(2)3)19(28)25-16(12-14(4)5)21(30)26-7-9-27(10-8-26)23(40(32,33)34)41(35,36)37/h13-18,23H,6-12H2,1-5H3,(H,24,29)(H,25,28)(H2,32,33,34)(H2,35,36,37)/t15-,16-,17-,18-/m0/s1. The molecule has 2 heterocycles. The van der Waals surface area contributed by atoms with Crippen molar-refractivity contribution in [1.29, 1.82) is 0 Å². The van der Waals surface area contributed by atoms with Gasteiger partial charge >= 0.3 is 21.2 Å². The zero-order chi connectivity index (χ0) is 31.3. The van der Waals surface area contributed by atoms with E-state index < -0.39 is 68.7 Å². The van der Waals surface area contributed by atoms with Gasteiger partial charge in [-0.2, -0.15) is 0 Å². The van der Waals surface area contributed by atoms with E-state index in [1.165, 1.54) is 4.90 Å². The molecule has 0 aromatic heterocycles. The van der Waals surface area contributed by atoms with E-state index in [2.05, 4.69) is 10.6 Å². The Morgan fingerprint density at radius 2 is 1.37 bits per heavy atom. The molecule has 236 valence electrons. The minimum atomic E-state index is -5.18. The molecule has 0 radical (unpaired) electrons. The number of hydrogen-bond donors (Lipinski definition) is 6. The fraction of sp³-hybridized carbons (Fsp3) is 0.826. The third-order valence-corrected chi connectivity index (χ3v) is 10.1. The maximum Gasteiger partial charge on any atom is 0.354 e. The first-order valence-corrected chi connectivity index (χ1v) is 16.8. The minimum Gasteiger partial charge on any atom is -0.464 e. The van der Waals surface area contributed by atoms with Crippen LogP contribution in [0.5, 0.6) is 0 Å². The Balaban J connectivity index is 2.10. The normalized spacial score (nSPS) is 21.5. The molecule has 3 amide bonds. The van der Waals surface area contributed by atoms with Crippen LogP contribution >= 0.6 is 15.2 Å².